The molecule has 90 valence electrons. The molecule has 2 rings (SSSR count). The lowest BCUT2D eigenvalue weighted by Crippen LogP contribution is -2.19. The van der Waals surface area contributed by atoms with E-state index in [4.69, 9.17) is 4.42 Å². The average Bonchev–Trinajstić information content (AvgIpc) is 2.55. The smallest absolute Gasteiger partial charge is 0.408 e. The van der Waals surface area contributed by atoms with Crippen LogP contribution in [0.1, 0.15) is 5.56 Å². The van der Waals surface area contributed by atoms with Gasteiger partial charge in [-0.05, 0) is 24.7 Å². The average molecular weight is 234 g/mol. The van der Waals surface area contributed by atoms with Gasteiger partial charge in [0, 0.05) is 13.6 Å². The standard InChI is InChI=1S/C12H14N2O3/c1-13(5-6-15)8-9-3-4-10-11(7-9)17-12(16)14(10)2/h3-4,6-7H,5,8H2,1-2H3. The number of aromatic nitrogens is 1. The van der Waals surface area contributed by atoms with E-state index in [0.29, 0.717) is 18.7 Å². The van der Waals surface area contributed by atoms with Crippen molar-refractivity contribution in [3.63, 3.8) is 0 Å². The number of oxazole rings is 1. The van der Waals surface area contributed by atoms with Crippen molar-refractivity contribution in [2.75, 3.05) is 13.6 Å². The van der Waals surface area contributed by atoms with E-state index in [0.717, 1.165) is 17.4 Å². The first-order valence-electron chi connectivity index (χ1n) is 5.32. The molecule has 0 aliphatic carbocycles. The lowest BCUT2D eigenvalue weighted by molar-refractivity contribution is -0.108. The van der Waals surface area contributed by atoms with E-state index < -0.39 is 0 Å². The third-order valence-electron chi connectivity index (χ3n) is 2.70. The summed E-state index contributed by atoms with van der Waals surface area (Å²) < 4.78 is 6.57. The second kappa shape index (κ2) is 4.55. The largest absolute Gasteiger partial charge is 0.419 e. The van der Waals surface area contributed by atoms with Gasteiger partial charge in [-0.3, -0.25) is 9.47 Å². The van der Waals surface area contributed by atoms with Crippen LogP contribution in [0.5, 0.6) is 0 Å². The van der Waals surface area contributed by atoms with E-state index in [1.807, 2.05) is 30.1 Å². The third kappa shape index (κ3) is 2.29. The predicted molar refractivity (Wildman–Crippen MR) is 63.9 cm³/mol. The maximum atomic E-state index is 11.3. The molecule has 1 heterocycles. The summed E-state index contributed by atoms with van der Waals surface area (Å²) in [5.74, 6) is -0.363. The van der Waals surface area contributed by atoms with Crippen molar-refractivity contribution in [1.29, 1.82) is 0 Å². The molecule has 0 atom stereocenters. The van der Waals surface area contributed by atoms with Crippen molar-refractivity contribution in [2.24, 2.45) is 7.05 Å². The number of hydrogen-bond donors (Lipinski definition) is 0. The molecule has 0 aliphatic rings. The van der Waals surface area contributed by atoms with Crippen LogP contribution in [-0.2, 0) is 18.4 Å². The first-order chi connectivity index (χ1) is 8.11. The molecule has 0 saturated heterocycles. The van der Waals surface area contributed by atoms with Gasteiger partial charge in [0.1, 0.15) is 6.29 Å². The number of aldehydes is 1. The first-order valence-corrected chi connectivity index (χ1v) is 5.32. The SMILES string of the molecule is CN(CC=O)Cc1ccc2c(c1)oc(=O)n2C. The first kappa shape index (κ1) is 11.6. The zero-order chi connectivity index (χ0) is 12.4. The molecule has 5 nitrogen and oxygen atoms in total. The number of carbonyl (C=O) groups is 1. The fourth-order valence-electron chi connectivity index (χ4n) is 1.78. The Morgan fingerprint density at radius 2 is 2.24 bits per heavy atom. The highest BCUT2D eigenvalue weighted by molar-refractivity contribution is 5.73. The quantitative estimate of drug-likeness (QED) is 0.733. The zero-order valence-electron chi connectivity index (χ0n) is 9.84. The van der Waals surface area contributed by atoms with Crippen LogP contribution in [0.3, 0.4) is 0 Å². The second-order valence-corrected chi connectivity index (χ2v) is 4.09. The number of benzene rings is 1. The molecule has 0 bridgehead atoms. The fourth-order valence-corrected chi connectivity index (χ4v) is 1.78. The van der Waals surface area contributed by atoms with E-state index in [-0.39, 0.29) is 5.76 Å². The van der Waals surface area contributed by atoms with E-state index in [9.17, 15) is 9.59 Å². The minimum atomic E-state index is -0.363. The van der Waals surface area contributed by atoms with Crippen LogP contribution < -0.4 is 5.76 Å². The van der Waals surface area contributed by atoms with E-state index >= 15 is 0 Å². The van der Waals surface area contributed by atoms with Crippen molar-refractivity contribution < 1.29 is 9.21 Å². The summed E-state index contributed by atoms with van der Waals surface area (Å²) in [5.41, 5.74) is 2.36. The maximum absolute atomic E-state index is 11.3. The Morgan fingerprint density at radius 3 is 2.94 bits per heavy atom. The molecule has 0 aliphatic heterocycles. The molecule has 0 spiro atoms. The Labute approximate surface area is 98.2 Å². The van der Waals surface area contributed by atoms with E-state index in [2.05, 4.69) is 0 Å². The topological polar surface area (TPSA) is 55.5 Å². The zero-order valence-corrected chi connectivity index (χ0v) is 9.84. The van der Waals surface area contributed by atoms with Gasteiger partial charge in [-0.25, -0.2) is 4.79 Å². The van der Waals surface area contributed by atoms with Crippen molar-refractivity contribution in [2.45, 2.75) is 6.54 Å². The Kier molecular flexibility index (Phi) is 3.10. The fraction of sp³-hybridized carbons (Fsp3) is 0.333. The molecule has 0 radical (unpaired) electrons. The van der Waals surface area contributed by atoms with Crippen LogP contribution in [0, 0.1) is 0 Å². The lowest BCUT2D eigenvalue weighted by atomic mass is 10.2. The Bertz CT molecular complexity index is 597. The predicted octanol–water partition coefficient (Wildman–Crippen LogP) is 0.762. The molecule has 5 heteroatoms. The molecular formula is C12H14N2O3. The molecule has 0 unspecified atom stereocenters. The summed E-state index contributed by atoms with van der Waals surface area (Å²) in [6.45, 7) is 1.03. The molecule has 2 aromatic rings. The molecular weight excluding hydrogens is 220 g/mol. The number of carbonyl (C=O) groups excluding carboxylic acids is 1. The second-order valence-electron chi connectivity index (χ2n) is 4.09. The summed E-state index contributed by atoms with van der Waals surface area (Å²) in [4.78, 5) is 23.6. The minimum Gasteiger partial charge on any atom is -0.408 e. The van der Waals surface area contributed by atoms with Gasteiger partial charge in [0.25, 0.3) is 0 Å². The summed E-state index contributed by atoms with van der Waals surface area (Å²) >= 11 is 0. The molecule has 1 aromatic heterocycles. The molecule has 0 fully saturated rings. The molecule has 0 amide bonds. The minimum absolute atomic E-state index is 0.363. The van der Waals surface area contributed by atoms with Gasteiger partial charge in [0.05, 0.1) is 12.1 Å². The van der Waals surface area contributed by atoms with Crippen LogP contribution in [0.4, 0.5) is 0 Å². The van der Waals surface area contributed by atoms with Crippen molar-refractivity contribution in [3.05, 3.63) is 34.3 Å². The van der Waals surface area contributed by atoms with Gasteiger partial charge in [-0.1, -0.05) is 6.07 Å². The van der Waals surface area contributed by atoms with Gasteiger partial charge < -0.3 is 9.21 Å². The molecule has 1 aromatic carbocycles. The number of hydrogen-bond acceptors (Lipinski definition) is 4. The lowest BCUT2D eigenvalue weighted by Gasteiger charge is -2.12. The Morgan fingerprint density at radius 1 is 1.47 bits per heavy atom. The van der Waals surface area contributed by atoms with Crippen molar-refractivity contribution >= 4 is 17.4 Å². The number of likely N-dealkylation sites (N-methyl/N-ethyl adjacent to an activating group) is 1. The van der Waals surface area contributed by atoms with E-state index in [1.165, 1.54) is 4.57 Å². The van der Waals surface area contributed by atoms with Gasteiger partial charge in [-0.2, -0.15) is 0 Å². The summed E-state index contributed by atoms with van der Waals surface area (Å²) in [6.07, 6.45) is 0.862. The number of aryl methyl sites for hydroxylation is 1. The van der Waals surface area contributed by atoms with Gasteiger partial charge in [0.15, 0.2) is 5.58 Å². The van der Waals surface area contributed by atoms with Crippen LogP contribution in [0.2, 0.25) is 0 Å². The van der Waals surface area contributed by atoms with E-state index in [1.54, 1.807) is 7.05 Å². The number of rotatable bonds is 4. The summed E-state index contributed by atoms with van der Waals surface area (Å²) in [5, 5.41) is 0. The summed E-state index contributed by atoms with van der Waals surface area (Å²) in [6, 6.07) is 5.61. The third-order valence-corrected chi connectivity index (χ3v) is 2.70. The molecule has 0 saturated carbocycles. The highest BCUT2D eigenvalue weighted by Crippen LogP contribution is 2.15. The van der Waals surface area contributed by atoms with Crippen LogP contribution in [-0.4, -0.2) is 29.3 Å². The number of nitrogens with zero attached hydrogens (tertiary/aromatic N) is 2. The van der Waals surface area contributed by atoms with Crippen LogP contribution in [0.15, 0.2) is 27.4 Å². The molecule has 0 N–H and O–H groups in total. The number of fused-ring (bicyclic) bond motifs is 1. The van der Waals surface area contributed by atoms with Gasteiger partial charge in [-0.15, -0.1) is 0 Å². The van der Waals surface area contributed by atoms with Crippen molar-refractivity contribution in [1.82, 2.24) is 9.47 Å². The monoisotopic (exact) mass is 234 g/mol. The van der Waals surface area contributed by atoms with Gasteiger partial charge >= 0.3 is 5.76 Å². The molecule has 17 heavy (non-hydrogen) atoms. The normalized spacial score (nSPS) is 11.2. The Balaban J connectivity index is 2.32. The highest BCUT2D eigenvalue weighted by Gasteiger charge is 2.07. The Hall–Kier alpha value is -1.88. The van der Waals surface area contributed by atoms with Gasteiger partial charge in [0.2, 0.25) is 0 Å². The van der Waals surface area contributed by atoms with Crippen LogP contribution in [0.25, 0.3) is 11.1 Å². The highest BCUT2D eigenvalue weighted by atomic mass is 16.4. The summed E-state index contributed by atoms with van der Waals surface area (Å²) in [7, 11) is 3.53. The van der Waals surface area contributed by atoms with Crippen LogP contribution >= 0.6 is 0 Å². The van der Waals surface area contributed by atoms with Crippen molar-refractivity contribution in [3.8, 4) is 0 Å². The maximum Gasteiger partial charge on any atom is 0.419 e.